The Balaban J connectivity index is 1.51. The summed E-state index contributed by atoms with van der Waals surface area (Å²) in [6, 6.07) is 30.7. The van der Waals surface area contributed by atoms with Gasteiger partial charge in [-0.05, 0) is 77.9 Å². The number of ether oxygens (including phenoxy) is 3. The minimum atomic E-state index is -0.203. The van der Waals surface area contributed by atoms with Crippen LogP contribution in [0.5, 0.6) is 11.5 Å². The number of rotatable bonds is 10. The van der Waals surface area contributed by atoms with Gasteiger partial charge >= 0.3 is 5.97 Å². The Morgan fingerprint density at radius 3 is 2.06 bits per heavy atom. The van der Waals surface area contributed by atoms with Gasteiger partial charge in [-0.25, -0.2) is 0 Å². The van der Waals surface area contributed by atoms with Crippen LogP contribution in [0.25, 0.3) is 11.1 Å². The van der Waals surface area contributed by atoms with Crippen molar-refractivity contribution in [2.75, 3.05) is 7.11 Å². The van der Waals surface area contributed by atoms with E-state index in [0.717, 1.165) is 33.8 Å². The molecule has 4 nitrogen and oxygen atoms in total. The highest BCUT2D eigenvalue weighted by Crippen LogP contribution is 2.36. The molecule has 0 N–H and O–H groups in total. The number of aryl methyl sites for hydroxylation is 3. The molecule has 4 heteroatoms. The van der Waals surface area contributed by atoms with Gasteiger partial charge in [0.2, 0.25) is 0 Å². The molecule has 0 aliphatic heterocycles. The topological polar surface area (TPSA) is 44.8 Å². The van der Waals surface area contributed by atoms with E-state index < -0.39 is 0 Å². The minimum absolute atomic E-state index is 0.203. The van der Waals surface area contributed by atoms with Crippen molar-refractivity contribution in [1.29, 1.82) is 0 Å². The molecule has 0 aliphatic rings. The van der Waals surface area contributed by atoms with Crippen molar-refractivity contribution in [2.24, 2.45) is 0 Å². The SMILES string of the molecule is COC(=O)CCc1ccc(OCc2ccc(OCc3ccccc3)c(-c3c(C)cccc3C)c2)cc1. The number of esters is 1. The van der Waals surface area contributed by atoms with Gasteiger partial charge in [0.1, 0.15) is 24.7 Å². The standard InChI is InChI=1S/C32H32O4/c1-23-8-7-9-24(2)32(23)29-20-27(14-18-30(29)36-21-26-10-5-4-6-11-26)22-35-28-16-12-25(13-17-28)15-19-31(33)34-3/h4-14,16-18,20H,15,19,21-22H2,1-3H3. The lowest BCUT2D eigenvalue weighted by Gasteiger charge is -2.17. The van der Waals surface area contributed by atoms with Crippen molar-refractivity contribution < 1.29 is 19.0 Å². The Labute approximate surface area is 213 Å². The van der Waals surface area contributed by atoms with Crippen LogP contribution in [0.1, 0.15) is 34.2 Å². The van der Waals surface area contributed by atoms with E-state index in [-0.39, 0.29) is 5.97 Å². The molecular formula is C32H32O4. The van der Waals surface area contributed by atoms with E-state index in [1.54, 1.807) is 0 Å². The monoisotopic (exact) mass is 480 g/mol. The second kappa shape index (κ2) is 12.1. The highest BCUT2D eigenvalue weighted by Gasteiger charge is 2.13. The Morgan fingerprint density at radius 2 is 1.36 bits per heavy atom. The molecule has 184 valence electrons. The van der Waals surface area contributed by atoms with Gasteiger partial charge in [-0.1, -0.05) is 66.7 Å². The van der Waals surface area contributed by atoms with Crippen molar-refractivity contribution in [2.45, 2.75) is 39.9 Å². The lowest BCUT2D eigenvalue weighted by Crippen LogP contribution is -2.02. The summed E-state index contributed by atoms with van der Waals surface area (Å²) in [4.78, 5) is 11.4. The van der Waals surface area contributed by atoms with E-state index in [2.05, 4.69) is 56.3 Å². The third-order valence-corrected chi connectivity index (χ3v) is 6.21. The number of hydrogen-bond donors (Lipinski definition) is 0. The van der Waals surface area contributed by atoms with Crippen molar-refractivity contribution in [1.82, 2.24) is 0 Å². The average Bonchev–Trinajstić information content (AvgIpc) is 2.91. The van der Waals surface area contributed by atoms with Gasteiger partial charge in [0.25, 0.3) is 0 Å². The van der Waals surface area contributed by atoms with Crippen molar-refractivity contribution >= 4 is 5.97 Å². The number of carbonyl (C=O) groups is 1. The van der Waals surface area contributed by atoms with Crippen molar-refractivity contribution in [3.63, 3.8) is 0 Å². The summed E-state index contributed by atoms with van der Waals surface area (Å²) in [6.07, 6.45) is 1.02. The fraction of sp³-hybridized carbons (Fsp3) is 0.219. The largest absolute Gasteiger partial charge is 0.489 e. The first-order chi connectivity index (χ1) is 17.5. The Kier molecular flexibility index (Phi) is 8.40. The minimum Gasteiger partial charge on any atom is -0.489 e. The van der Waals surface area contributed by atoms with Crippen molar-refractivity contribution in [3.05, 3.63) is 119 Å². The summed E-state index contributed by atoms with van der Waals surface area (Å²) in [5.74, 6) is 1.44. The zero-order chi connectivity index (χ0) is 25.3. The van der Waals surface area contributed by atoms with Crippen LogP contribution in [0.4, 0.5) is 0 Å². The third kappa shape index (κ3) is 6.54. The van der Waals surface area contributed by atoms with E-state index >= 15 is 0 Å². The van der Waals surface area contributed by atoms with Gasteiger partial charge in [-0.2, -0.15) is 0 Å². The molecule has 0 fully saturated rings. The van der Waals surface area contributed by atoms with Crippen LogP contribution in [-0.4, -0.2) is 13.1 Å². The molecule has 4 rings (SSSR count). The smallest absolute Gasteiger partial charge is 0.305 e. The molecular weight excluding hydrogens is 448 g/mol. The van der Waals surface area contributed by atoms with Gasteiger partial charge in [-0.3, -0.25) is 4.79 Å². The van der Waals surface area contributed by atoms with Crippen LogP contribution < -0.4 is 9.47 Å². The molecule has 0 spiro atoms. The van der Waals surface area contributed by atoms with Crippen LogP contribution >= 0.6 is 0 Å². The zero-order valence-electron chi connectivity index (χ0n) is 21.1. The van der Waals surface area contributed by atoms with E-state index in [4.69, 9.17) is 14.2 Å². The molecule has 0 aliphatic carbocycles. The van der Waals surface area contributed by atoms with E-state index in [0.29, 0.717) is 26.1 Å². The highest BCUT2D eigenvalue weighted by atomic mass is 16.5. The summed E-state index contributed by atoms with van der Waals surface area (Å²) in [7, 11) is 1.41. The average molecular weight is 481 g/mol. The number of carbonyl (C=O) groups excluding carboxylic acids is 1. The first kappa shape index (κ1) is 25.1. The van der Waals surface area contributed by atoms with Gasteiger partial charge < -0.3 is 14.2 Å². The Morgan fingerprint density at radius 1 is 0.694 bits per heavy atom. The van der Waals surface area contributed by atoms with Crippen LogP contribution in [0.15, 0.2) is 91.0 Å². The lowest BCUT2D eigenvalue weighted by molar-refractivity contribution is -0.140. The van der Waals surface area contributed by atoms with Crippen LogP contribution in [0.2, 0.25) is 0 Å². The molecule has 0 radical (unpaired) electrons. The predicted octanol–water partition coefficient (Wildman–Crippen LogP) is 7.23. The Bertz CT molecular complexity index is 1270. The maximum atomic E-state index is 11.4. The molecule has 36 heavy (non-hydrogen) atoms. The molecule has 0 saturated heterocycles. The van der Waals surface area contributed by atoms with Crippen molar-refractivity contribution in [3.8, 4) is 22.6 Å². The molecule has 0 unspecified atom stereocenters. The maximum Gasteiger partial charge on any atom is 0.305 e. The van der Waals surface area contributed by atoms with E-state index in [1.807, 2.05) is 48.5 Å². The molecule has 0 heterocycles. The van der Waals surface area contributed by atoms with Gasteiger partial charge in [0.15, 0.2) is 0 Å². The van der Waals surface area contributed by atoms with E-state index in [9.17, 15) is 4.79 Å². The summed E-state index contributed by atoms with van der Waals surface area (Å²) in [5.41, 5.74) is 7.95. The summed E-state index contributed by atoms with van der Waals surface area (Å²) >= 11 is 0. The summed E-state index contributed by atoms with van der Waals surface area (Å²) < 4.78 is 17.1. The summed E-state index contributed by atoms with van der Waals surface area (Å²) in [6.45, 7) is 5.22. The van der Waals surface area contributed by atoms with E-state index in [1.165, 1.54) is 23.8 Å². The Hall–Kier alpha value is -4.05. The second-order valence-corrected chi connectivity index (χ2v) is 8.88. The van der Waals surface area contributed by atoms with Crippen LogP contribution in [-0.2, 0) is 29.2 Å². The summed E-state index contributed by atoms with van der Waals surface area (Å²) in [5, 5.41) is 0. The predicted molar refractivity (Wildman–Crippen MR) is 143 cm³/mol. The molecule has 0 amide bonds. The quantitative estimate of drug-likeness (QED) is 0.225. The molecule has 0 bridgehead atoms. The molecule has 0 aromatic heterocycles. The van der Waals surface area contributed by atoms with Crippen LogP contribution in [0.3, 0.4) is 0 Å². The van der Waals surface area contributed by atoms with Gasteiger partial charge in [0.05, 0.1) is 7.11 Å². The number of hydrogen-bond acceptors (Lipinski definition) is 4. The normalized spacial score (nSPS) is 10.6. The molecule has 0 atom stereocenters. The maximum absolute atomic E-state index is 11.4. The van der Waals surface area contributed by atoms with Gasteiger partial charge in [0, 0.05) is 12.0 Å². The fourth-order valence-corrected chi connectivity index (χ4v) is 4.23. The molecule has 4 aromatic carbocycles. The first-order valence-electron chi connectivity index (χ1n) is 12.2. The highest BCUT2D eigenvalue weighted by molar-refractivity contribution is 5.76. The number of methoxy groups -OCH3 is 1. The fourth-order valence-electron chi connectivity index (χ4n) is 4.23. The number of benzene rings is 4. The molecule has 0 saturated carbocycles. The first-order valence-corrected chi connectivity index (χ1v) is 12.2. The molecule has 4 aromatic rings. The van der Waals surface area contributed by atoms with Gasteiger partial charge in [-0.15, -0.1) is 0 Å². The zero-order valence-corrected chi connectivity index (χ0v) is 21.1. The third-order valence-electron chi connectivity index (χ3n) is 6.21. The van der Waals surface area contributed by atoms with Crippen LogP contribution in [0, 0.1) is 13.8 Å². The lowest BCUT2D eigenvalue weighted by atomic mass is 9.94. The second-order valence-electron chi connectivity index (χ2n) is 8.88.